The van der Waals surface area contributed by atoms with Crippen molar-refractivity contribution < 1.29 is 18.0 Å². The highest BCUT2D eigenvalue weighted by atomic mass is 19.4. The fourth-order valence-electron chi connectivity index (χ4n) is 4.32. The molecule has 8 heteroatoms. The number of halogens is 3. The number of pyridine rings is 1. The number of likely N-dealkylation sites (N-methyl/N-ethyl adjacent to an activating group) is 1. The van der Waals surface area contributed by atoms with E-state index in [1.807, 2.05) is 17.9 Å². The van der Waals surface area contributed by atoms with Crippen molar-refractivity contribution in [3.05, 3.63) is 52.3 Å². The molecule has 1 aromatic heterocycles. The summed E-state index contributed by atoms with van der Waals surface area (Å²) < 4.78 is 40.6. The number of anilines is 1. The SMILES string of the molecule is C.CCCCCN(C)C(=O)/C=C/[C@H]1CC[C@@H](C)N1c1ccc2[nH]c(=O)cc(C(F)(F)F)c2c1. The number of amides is 1. The lowest BCUT2D eigenvalue weighted by Crippen LogP contribution is -2.34. The van der Waals surface area contributed by atoms with Crippen molar-refractivity contribution in [2.75, 3.05) is 18.5 Å². The molecule has 0 radical (unpaired) electrons. The molecule has 0 bridgehead atoms. The smallest absolute Gasteiger partial charge is 0.362 e. The summed E-state index contributed by atoms with van der Waals surface area (Å²) in [5.74, 6) is -0.0731. The maximum atomic E-state index is 13.5. The number of nitrogens with zero attached hydrogens (tertiary/aromatic N) is 2. The molecule has 1 aliphatic heterocycles. The molecule has 0 unspecified atom stereocenters. The summed E-state index contributed by atoms with van der Waals surface area (Å²) in [6.45, 7) is 4.83. The van der Waals surface area contributed by atoms with E-state index in [1.165, 1.54) is 12.1 Å². The monoisotopic (exact) mass is 465 g/mol. The third-order valence-corrected chi connectivity index (χ3v) is 6.08. The van der Waals surface area contributed by atoms with Crippen molar-refractivity contribution in [1.82, 2.24) is 9.88 Å². The largest absolute Gasteiger partial charge is 0.417 e. The van der Waals surface area contributed by atoms with Gasteiger partial charge in [-0.1, -0.05) is 33.3 Å². The molecule has 1 N–H and O–H groups in total. The van der Waals surface area contributed by atoms with Crippen molar-refractivity contribution in [2.24, 2.45) is 0 Å². The van der Waals surface area contributed by atoms with Crippen molar-refractivity contribution in [3.8, 4) is 0 Å². The van der Waals surface area contributed by atoms with Gasteiger partial charge in [-0.2, -0.15) is 13.2 Å². The molecular weight excluding hydrogens is 431 g/mol. The second-order valence-electron chi connectivity index (χ2n) is 8.50. The van der Waals surface area contributed by atoms with Gasteiger partial charge in [-0.05, 0) is 44.4 Å². The number of unbranched alkanes of at least 4 members (excludes halogenated alkanes) is 2. The molecule has 1 aromatic carbocycles. The average molecular weight is 466 g/mol. The topological polar surface area (TPSA) is 56.4 Å². The number of hydrogen-bond donors (Lipinski definition) is 1. The molecule has 2 atom stereocenters. The van der Waals surface area contributed by atoms with Gasteiger partial charge >= 0.3 is 6.18 Å². The van der Waals surface area contributed by atoms with E-state index < -0.39 is 17.3 Å². The highest BCUT2D eigenvalue weighted by Gasteiger charge is 2.34. The van der Waals surface area contributed by atoms with Crippen LogP contribution < -0.4 is 10.5 Å². The van der Waals surface area contributed by atoms with E-state index in [0.717, 1.165) is 32.1 Å². The minimum absolute atomic E-state index is 0. The van der Waals surface area contributed by atoms with E-state index in [1.54, 1.807) is 24.1 Å². The minimum Gasteiger partial charge on any atom is -0.362 e. The van der Waals surface area contributed by atoms with Crippen LogP contribution in [0.2, 0.25) is 0 Å². The second-order valence-corrected chi connectivity index (χ2v) is 8.50. The number of hydrogen-bond acceptors (Lipinski definition) is 3. The minimum atomic E-state index is -4.63. The summed E-state index contributed by atoms with van der Waals surface area (Å²) in [5, 5.41) is -0.0387. The predicted octanol–water partition coefficient (Wildman–Crippen LogP) is 5.75. The molecule has 33 heavy (non-hydrogen) atoms. The molecule has 1 aliphatic rings. The fraction of sp³-hybridized carbons (Fsp3) is 0.520. The molecule has 3 rings (SSSR count). The standard InChI is InChI=1S/C24H30F3N3O2.CH4/c1-4-5-6-13-29(3)23(32)12-10-17-8-7-16(2)30(17)18-9-11-21-19(14-18)20(24(25,26)27)15-22(31)28-21;/h9-12,14-17H,4-8,13H2,1-3H3,(H,28,31);1H4/b12-10+;/t16-,17-;/m1./s1. The lowest BCUT2D eigenvalue weighted by molar-refractivity contribution is -0.136. The molecule has 182 valence electrons. The van der Waals surface area contributed by atoms with E-state index in [-0.39, 0.29) is 36.3 Å². The van der Waals surface area contributed by atoms with Crippen LogP contribution >= 0.6 is 0 Å². The highest BCUT2D eigenvalue weighted by molar-refractivity contribution is 5.88. The number of rotatable bonds is 7. The second kappa shape index (κ2) is 10.9. The van der Waals surface area contributed by atoms with Crippen LogP contribution in [-0.2, 0) is 11.0 Å². The highest BCUT2D eigenvalue weighted by Crippen LogP contribution is 2.37. The Labute approximate surface area is 193 Å². The zero-order valence-electron chi connectivity index (χ0n) is 18.7. The summed E-state index contributed by atoms with van der Waals surface area (Å²) in [6, 6.07) is 5.34. The van der Waals surface area contributed by atoms with Crippen molar-refractivity contribution in [2.45, 2.75) is 71.6 Å². The summed E-state index contributed by atoms with van der Waals surface area (Å²) in [6.07, 6.45) is 3.58. The van der Waals surface area contributed by atoms with Crippen LogP contribution in [-0.4, -0.2) is 41.5 Å². The molecule has 1 amide bonds. The molecule has 1 saturated heterocycles. The van der Waals surface area contributed by atoms with E-state index in [9.17, 15) is 22.8 Å². The third-order valence-electron chi connectivity index (χ3n) is 6.08. The Morgan fingerprint density at radius 2 is 1.97 bits per heavy atom. The first-order chi connectivity index (χ1) is 15.1. The first kappa shape index (κ1) is 26.5. The number of alkyl halides is 3. The van der Waals surface area contributed by atoms with Gasteiger partial charge in [-0.3, -0.25) is 9.59 Å². The molecule has 1 fully saturated rings. The number of benzene rings is 1. The normalized spacial score (nSPS) is 18.7. The van der Waals surface area contributed by atoms with Gasteiger partial charge in [0.15, 0.2) is 0 Å². The van der Waals surface area contributed by atoms with Crippen molar-refractivity contribution >= 4 is 22.5 Å². The molecule has 0 spiro atoms. The van der Waals surface area contributed by atoms with Gasteiger partial charge < -0.3 is 14.8 Å². The van der Waals surface area contributed by atoms with Crippen LogP contribution in [0.3, 0.4) is 0 Å². The summed E-state index contributed by atoms with van der Waals surface area (Å²) in [4.78, 5) is 30.3. The van der Waals surface area contributed by atoms with E-state index in [2.05, 4.69) is 11.9 Å². The first-order valence-corrected chi connectivity index (χ1v) is 11.1. The van der Waals surface area contributed by atoms with Gasteiger partial charge in [0.1, 0.15) is 0 Å². The number of nitrogens with one attached hydrogen (secondary N) is 1. The molecule has 2 heterocycles. The van der Waals surface area contributed by atoms with Crippen LogP contribution in [0.1, 0.15) is 58.9 Å². The van der Waals surface area contributed by atoms with Crippen molar-refractivity contribution in [3.63, 3.8) is 0 Å². The van der Waals surface area contributed by atoms with Crippen LogP contribution in [0.25, 0.3) is 10.9 Å². The Balaban J connectivity index is 0.00000385. The number of aromatic amines is 1. The van der Waals surface area contributed by atoms with Crippen molar-refractivity contribution in [1.29, 1.82) is 0 Å². The molecular formula is C25H34F3N3O2. The Kier molecular flexibility index (Phi) is 8.75. The van der Waals surface area contributed by atoms with E-state index >= 15 is 0 Å². The first-order valence-electron chi connectivity index (χ1n) is 11.1. The van der Waals surface area contributed by atoms with Crippen LogP contribution in [0.4, 0.5) is 18.9 Å². The maximum Gasteiger partial charge on any atom is 0.417 e. The fourth-order valence-corrected chi connectivity index (χ4v) is 4.32. The van der Waals surface area contributed by atoms with Gasteiger partial charge in [-0.15, -0.1) is 0 Å². The van der Waals surface area contributed by atoms with E-state index in [4.69, 9.17) is 0 Å². The molecule has 2 aromatic rings. The lowest BCUT2D eigenvalue weighted by atomic mass is 10.1. The van der Waals surface area contributed by atoms with Crippen LogP contribution in [0.15, 0.2) is 41.2 Å². The Hall–Kier alpha value is -2.77. The summed E-state index contributed by atoms with van der Waals surface area (Å²) in [5.41, 5.74) is -0.940. The summed E-state index contributed by atoms with van der Waals surface area (Å²) >= 11 is 0. The third kappa shape index (κ3) is 6.18. The molecule has 5 nitrogen and oxygen atoms in total. The van der Waals surface area contributed by atoms with E-state index in [0.29, 0.717) is 18.3 Å². The number of carbonyl (C=O) groups excluding carboxylic acids is 1. The number of aromatic nitrogens is 1. The van der Waals surface area contributed by atoms with Gasteiger partial charge in [-0.25, -0.2) is 0 Å². The van der Waals surface area contributed by atoms with Crippen LogP contribution in [0.5, 0.6) is 0 Å². The number of H-pyrrole nitrogens is 1. The number of fused-ring (bicyclic) bond motifs is 1. The molecule has 0 aliphatic carbocycles. The lowest BCUT2D eigenvalue weighted by Gasteiger charge is -2.30. The maximum absolute atomic E-state index is 13.5. The molecule has 0 saturated carbocycles. The average Bonchev–Trinajstić information content (AvgIpc) is 3.10. The quantitative estimate of drug-likeness (QED) is 0.419. The van der Waals surface area contributed by atoms with Gasteiger partial charge in [0, 0.05) is 54.4 Å². The Morgan fingerprint density at radius 1 is 1.24 bits per heavy atom. The van der Waals surface area contributed by atoms with Crippen LogP contribution in [0, 0.1) is 0 Å². The number of carbonyl (C=O) groups is 1. The zero-order valence-corrected chi connectivity index (χ0v) is 18.7. The predicted molar refractivity (Wildman–Crippen MR) is 128 cm³/mol. The Bertz CT molecular complexity index is 1050. The summed E-state index contributed by atoms with van der Waals surface area (Å²) in [7, 11) is 1.78. The van der Waals surface area contributed by atoms with Gasteiger partial charge in [0.05, 0.1) is 5.56 Å². The van der Waals surface area contributed by atoms with Gasteiger partial charge in [0.2, 0.25) is 11.5 Å². The zero-order chi connectivity index (χ0) is 23.5. The van der Waals surface area contributed by atoms with Gasteiger partial charge in [0.25, 0.3) is 0 Å². The Morgan fingerprint density at radius 3 is 2.64 bits per heavy atom.